The molecule has 4 rings (SSSR count). The molecule has 1 saturated carbocycles. The van der Waals surface area contributed by atoms with E-state index in [4.69, 9.17) is 10.5 Å². The molecule has 1 aromatic carbocycles. The Morgan fingerprint density at radius 2 is 1.89 bits per heavy atom. The van der Waals surface area contributed by atoms with Crippen LogP contribution in [0.5, 0.6) is 0 Å². The van der Waals surface area contributed by atoms with E-state index in [1.165, 1.54) is 5.56 Å². The molecule has 1 aliphatic carbocycles. The summed E-state index contributed by atoms with van der Waals surface area (Å²) in [7, 11) is 1.71. The molecule has 1 aromatic heterocycles. The number of piperidine rings is 1. The fraction of sp³-hybridized carbons (Fsp3) is 0.536. The van der Waals surface area contributed by atoms with Gasteiger partial charge in [0.2, 0.25) is 5.91 Å². The Morgan fingerprint density at radius 3 is 2.58 bits per heavy atom. The standard InChI is InChI=1S/C28H39N5O3/c1-36-17-16-32(20-21-6-3-2-4-7-21)25-13-15-33(28(35)22-8-5-14-30-19-22)26(18-25)27(34)31-24-11-9-23(29)10-12-24/h2-8,14,19,23-26H,9-13,15-18,20,29H2,1H3,(H,31,34)/t23?,24?,25?,26-/m1/s1. The summed E-state index contributed by atoms with van der Waals surface area (Å²) < 4.78 is 5.40. The lowest BCUT2D eigenvalue weighted by atomic mass is 9.90. The molecular weight excluding hydrogens is 454 g/mol. The van der Waals surface area contributed by atoms with Crippen LogP contribution in [0.1, 0.15) is 54.4 Å². The van der Waals surface area contributed by atoms with Gasteiger partial charge in [0, 0.05) is 57.3 Å². The van der Waals surface area contributed by atoms with Gasteiger partial charge in [-0.05, 0) is 56.2 Å². The van der Waals surface area contributed by atoms with Crippen LogP contribution in [0, 0.1) is 0 Å². The average molecular weight is 494 g/mol. The minimum atomic E-state index is -0.534. The normalized spacial score (nSPS) is 24.5. The zero-order valence-electron chi connectivity index (χ0n) is 21.2. The number of ether oxygens (including phenoxy) is 1. The van der Waals surface area contributed by atoms with E-state index in [-0.39, 0.29) is 29.9 Å². The van der Waals surface area contributed by atoms with Crippen LogP contribution in [0.4, 0.5) is 0 Å². The van der Waals surface area contributed by atoms with Crippen LogP contribution in [-0.4, -0.2) is 77.6 Å². The first kappa shape index (κ1) is 26.3. The Hall–Kier alpha value is -2.81. The van der Waals surface area contributed by atoms with E-state index < -0.39 is 6.04 Å². The summed E-state index contributed by atoms with van der Waals surface area (Å²) >= 11 is 0. The molecule has 8 heteroatoms. The number of pyridine rings is 1. The molecule has 2 atom stereocenters. The average Bonchev–Trinajstić information content (AvgIpc) is 2.92. The third-order valence-corrected chi connectivity index (χ3v) is 7.49. The molecule has 0 bridgehead atoms. The van der Waals surface area contributed by atoms with Gasteiger partial charge < -0.3 is 20.7 Å². The maximum absolute atomic E-state index is 13.6. The van der Waals surface area contributed by atoms with Gasteiger partial charge in [0.15, 0.2) is 0 Å². The number of benzene rings is 1. The fourth-order valence-electron chi connectivity index (χ4n) is 5.40. The van der Waals surface area contributed by atoms with Gasteiger partial charge in [0.1, 0.15) is 6.04 Å². The van der Waals surface area contributed by atoms with Crippen molar-refractivity contribution in [3.8, 4) is 0 Å². The molecule has 0 spiro atoms. The molecule has 2 amide bonds. The highest BCUT2D eigenvalue weighted by Crippen LogP contribution is 2.26. The van der Waals surface area contributed by atoms with Gasteiger partial charge in [0.25, 0.3) is 5.91 Å². The molecule has 2 heterocycles. The minimum absolute atomic E-state index is 0.0659. The number of hydrogen-bond donors (Lipinski definition) is 2. The molecule has 0 radical (unpaired) electrons. The first-order valence-corrected chi connectivity index (χ1v) is 13.1. The lowest BCUT2D eigenvalue weighted by Gasteiger charge is -2.43. The molecule has 2 aromatic rings. The fourth-order valence-corrected chi connectivity index (χ4v) is 5.40. The smallest absolute Gasteiger partial charge is 0.256 e. The first-order valence-electron chi connectivity index (χ1n) is 13.1. The summed E-state index contributed by atoms with van der Waals surface area (Å²) in [6, 6.07) is 13.8. The number of carbonyl (C=O) groups is 2. The van der Waals surface area contributed by atoms with Crippen LogP contribution < -0.4 is 11.1 Å². The van der Waals surface area contributed by atoms with Gasteiger partial charge >= 0.3 is 0 Å². The van der Waals surface area contributed by atoms with Gasteiger partial charge in [0.05, 0.1) is 12.2 Å². The van der Waals surface area contributed by atoms with Crippen molar-refractivity contribution >= 4 is 11.8 Å². The number of aromatic nitrogens is 1. The number of nitrogens with zero attached hydrogens (tertiary/aromatic N) is 3. The minimum Gasteiger partial charge on any atom is -0.383 e. The van der Waals surface area contributed by atoms with E-state index in [0.717, 1.165) is 45.2 Å². The zero-order chi connectivity index (χ0) is 25.3. The molecule has 194 valence electrons. The third kappa shape index (κ3) is 6.90. The summed E-state index contributed by atoms with van der Waals surface area (Å²) in [6.45, 7) is 2.67. The monoisotopic (exact) mass is 493 g/mol. The lowest BCUT2D eigenvalue weighted by Crippen LogP contribution is -2.58. The maximum atomic E-state index is 13.6. The third-order valence-electron chi connectivity index (χ3n) is 7.49. The summed E-state index contributed by atoms with van der Waals surface area (Å²) in [4.78, 5) is 35.3. The van der Waals surface area contributed by atoms with Crippen molar-refractivity contribution in [1.82, 2.24) is 20.1 Å². The maximum Gasteiger partial charge on any atom is 0.256 e. The predicted octanol–water partition coefficient (Wildman–Crippen LogP) is 2.59. The molecule has 2 aliphatic rings. The van der Waals surface area contributed by atoms with E-state index >= 15 is 0 Å². The van der Waals surface area contributed by atoms with E-state index in [1.54, 1.807) is 36.5 Å². The van der Waals surface area contributed by atoms with Crippen molar-refractivity contribution in [1.29, 1.82) is 0 Å². The number of amides is 2. The van der Waals surface area contributed by atoms with Crippen molar-refractivity contribution in [2.24, 2.45) is 5.73 Å². The van der Waals surface area contributed by atoms with Crippen molar-refractivity contribution in [2.75, 3.05) is 26.8 Å². The predicted molar refractivity (Wildman–Crippen MR) is 139 cm³/mol. The second-order valence-electron chi connectivity index (χ2n) is 10.0. The number of nitrogens with two attached hydrogens (primary N) is 1. The zero-order valence-corrected chi connectivity index (χ0v) is 21.2. The number of nitrogens with one attached hydrogen (secondary N) is 1. The molecule has 36 heavy (non-hydrogen) atoms. The van der Waals surface area contributed by atoms with Crippen LogP contribution >= 0.6 is 0 Å². The van der Waals surface area contributed by atoms with E-state index in [9.17, 15) is 9.59 Å². The molecule has 1 saturated heterocycles. The second-order valence-corrected chi connectivity index (χ2v) is 10.0. The van der Waals surface area contributed by atoms with Gasteiger partial charge in [-0.15, -0.1) is 0 Å². The Labute approximate surface area is 214 Å². The number of carbonyl (C=O) groups excluding carboxylic acids is 2. The molecule has 1 unspecified atom stereocenters. The Morgan fingerprint density at radius 1 is 1.11 bits per heavy atom. The first-order chi connectivity index (χ1) is 17.5. The highest BCUT2D eigenvalue weighted by atomic mass is 16.5. The van der Waals surface area contributed by atoms with Crippen molar-refractivity contribution in [3.05, 3.63) is 66.0 Å². The van der Waals surface area contributed by atoms with Gasteiger partial charge in [-0.1, -0.05) is 30.3 Å². The molecule has 8 nitrogen and oxygen atoms in total. The van der Waals surface area contributed by atoms with E-state index in [2.05, 4.69) is 27.3 Å². The Kier molecular flexibility index (Phi) is 9.44. The van der Waals surface area contributed by atoms with Crippen LogP contribution in [-0.2, 0) is 16.1 Å². The summed E-state index contributed by atoms with van der Waals surface area (Å²) in [5.41, 5.74) is 7.80. The van der Waals surface area contributed by atoms with Crippen molar-refractivity contribution in [3.63, 3.8) is 0 Å². The molecule has 3 N–H and O–H groups in total. The van der Waals surface area contributed by atoms with Crippen LogP contribution in [0.25, 0.3) is 0 Å². The Balaban J connectivity index is 1.52. The summed E-state index contributed by atoms with van der Waals surface area (Å²) in [5.74, 6) is -0.206. The van der Waals surface area contributed by atoms with Gasteiger partial charge in [-0.3, -0.25) is 19.5 Å². The highest BCUT2D eigenvalue weighted by Gasteiger charge is 2.39. The second kappa shape index (κ2) is 12.9. The van der Waals surface area contributed by atoms with Crippen LogP contribution in [0.3, 0.4) is 0 Å². The van der Waals surface area contributed by atoms with E-state index in [0.29, 0.717) is 25.1 Å². The lowest BCUT2D eigenvalue weighted by molar-refractivity contribution is -0.128. The number of likely N-dealkylation sites (tertiary alicyclic amines) is 1. The number of hydrogen-bond acceptors (Lipinski definition) is 6. The van der Waals surface area contributed by atoms with Crippen LogP contribution in [0.15, 0.2) is 54.9 Å². The van der Waals surface area contributed by atoms with E-state index in [1.807, 2.05) is 18.2 Å². The van der Waals surface area contributed by atoms with Crippen LogP contribution in [0.2, 0.25) is 0 Å². The Bertz CT molecular complexity index is 966. The highest BCUT2D eigenvalue weighted by molar-refractivity contribution is 5.97. The molecular formula is C28H39N5O3. The summed E-state index contributed by atoms with van der Waals surface area (Å²) in [5, 5.41) is 3.25. The number of rotatable bonds is 9. The van der Waals surface area contributed by atoms with Crippen molar-refractivity contribution in [2.45, 2.75) is 69.2 Å². The topological polar surface area (TPSA) is 101 Å². The van der Waals surface area contributed by atoms with Gasteiger partial charge in [-0.25, -0.2) is 0 Å². The quantitative estimate of drug-likeness (QED) is 0.557. The summed E-state index contributed by atoms with van der Waals surface area (Å²) in [6.07, 6.45) is 8.20. The molecule has 1 aliphatic heterocycles. The van der Waals surface area contributed by atoms with Gasteiger partial charge in [-0.2, -0.15) is 0 Å². The molecule has 2 fully saturated rings. The largest absolute Gasteiger partial charge is 0.383 e. The SMILES string of the molecule is COCCN(Cc1ccccc1)C1CCN(C(=O)c2cccnc2)[C@@H](C(=O)NC2CCC(N)CC2)C1. The van der Waals surface area contributed by atoms with Crippen molar-refractivity contribution < 1.29 is 14.3 Å². The number of methoxy groups -OCH3 is 1.